The van der Waals surface area contributed by atoms with Crippen LogP contribution in [0.1, 0.15) is 141 Å². The fourth-order valence-electron chi connectivity index (χ4n) is 14.4. The Bertz CT molecular complexity index is 5810. The number of anilines is 3. The molecule has 4 aromatic heterocycles. The highest BCUT2D eigenvalue weighted by Crippen LogP contribution is 2.52. The van der Waals surface area contributed by atoms with Gasteiger partial charge >= 0.3 is 77.6 Å². The summed E-state index contributed by atoms with van der Waals surface area (Å²) < 4.78 is 148. The third-order valence-corrected chi connectivity index (χ3v) is 28.3. The smallest absolute Gasteiger partial charge is 0.459 e. The zero-order valence-corrected chi connectivity index (χ0v) is 86.5. The van der Waals surface area contributed by atoms with Gasteiger partial charge < -0.3 is 111 Å². The Morgan fingerprint density at radius 3 is 0.829 bits per heavy atom. The molecule has 146 heavy (non-hydrogen) atoms. The standard InChI is InChI=1S/C23H33N4O8P.C22H30N7O8P.2C22H32N5O8P/c1-14(2)33-20(29)16(4)26-36(31,35-17-9-7-6-8-10-17)32-13-18-19(28)23(5,24)21(34-18)27-12-11-15(3)25-22(27)30;1-13(2)35-19(31)14(3)26-38(33,37-15-8-6-5-7-9-15)34-12-16-18(30)22(4,27-28-24)20(36-16)29-11-10-17(23)25-21(29)32;2*1-13(2)33-19(29)14(3)26-36(31,35-15-8-6-5-7-9-15)32-12-16-18(28)22(4,24)20(34-16)27-11-10-17(23)25-21(27)30/h6-12,14,16,18-19,21,28H,13,24H2,1-5H3,(H,26,31);5-11,13-14,16,18,20,30H,12H2,1-4H3,(H,26,33)(H2,23,25,32);2*5-11,13-14,16,18,20,28H,12,24H2,1-4H3,(H,26,31)(H2,23,25,30)/t16-,18-,19-,21-,23-,36+;14-,16-,18-,20-,22-,38+;14-,16-,18-,20-,22-,36?;14-,16-,18-,20-,22-,36-/m1111/s1. The van der Waals surface area contributed by atoms with Crippen molar-refractivity contribution >= 4 is 72.3 Å². The molecule has 8 aromatic rings. The van der Waals surface area contributed by atoms with Gasteiger partial charge in [-0.3, -0.25) is 55.5 Å². The van der Waals surface area contributed by atoms with Gasteiger partial charge in [0.25, 0.3) is 0 Å². The van der Waals surface area contributed by atoms with Gasteiger partial charge in [0, 0.05) is 35.4 Å². The average Bonchev–Trinajstić information content (AvgIpc) is 1.59. The molecule has 0 radical (unpaired) electrons. The quantitative estimate of drug-likeness (QED) is 0.00536. The number of aliphatic hydroxyl groups excluding tert-OH is 4. The van der Waals surface area contributed by atoms with Gasteiger partial charge in [-0.1, -0.05) is 77.9 Å². The second-order valence-corrected chi connectivity index (χ2v) is 42.7. The monoisotopic (exact) mass is 2130 g/mol. The molecule has 0 spiro atoms. The van der Waals surface area contributed by atoms with Crippen molar-refractivity contribution in [2.75, 3.05) is 43.6 Å². The molecule has 12 rings (SSSR count). The van der Waals surface area contributed by atoms with Crippen LogP contribution < -0.4 is 95.6 Å². The number of hydrogen-bond acceptors (Lipinski definition) is 43. The van der Waals surface area contributed by atoms with E-state index in [9.17, 15) is 77.0 Å². The van der Waals surface area contributed by atoms with E-state index < -0.39 is 230 Å². The van der Waals surface area contributed by atoms with Crippen molar-refractivity contribution in [1.29, 1.82) is 0 Å². The van der Waals surface area contributed by atoms with Gasteiger partial charge in [-0.2, -0.15) is 40.3 Å². The van der Waals surface area contributed by atoms with Crippen molar-refractivity contribution < 1.29 is 132 Å². The number of azide groups is 1. The van der Waals surface area contributed by atoms with E-state index in [2.05, 4.69) is 50.3 Å². The van der Waals surface area contributed by atoms with Crippen molar-refractivity contribution in [3.8, 4) is 23.0 Å². The number of aromatic nitrogens is 8. The fourth-order valence-corrected chi connectivity index (χ4v) is 20.4. The minimum atomic E-state index is -4.28. The number of carbonyl (C=O) groups excluding carboxylic acids is 4. The molecule has 57 heteroatoms. The Morgan fingerprint density at radius 2 is 0.603 bits per heavy atom. The van der Waals surface area contributed by atoms with E-state index in [0.29, 0.717) is 5.69 Å². The predicted octanol–water partition coefficient (Wildman–Crippen LogP) is 5.82. The molecule has 24 atom stereocenters. The van der Waals surface area contributed by atoms with Crippen molar-refractivity contribution in [2.24, 2.45) is 22.3 Å². The molecule has 53 nitrogen and oxygen atoms in total. The highest BCUT2D eigenvalue weighted by Gasteiger charge is 2.58. The molecular weight excluding hydrogens is 2000 g/mol. The largest absolute Gasteiger partial charge is 0.462 e. The van der Waals surface area contributed by atoms with E-state index in [1.54, 1.807) is 178 Å². The maximum absolute atomic E-state index is 13.7. The summed E-state index contributed by atoms with van der Waals surface area (Å²) in [4.78, 5) is 116. The highest BCUT2D eigenvalue weighted by molar-refractivity contribution is 7.53. The summed E-state index contributed by atoms with van der Waals surface area (Å²) in [6.45, 7) is 24.9. The lowest BCUT2D eigenvalue weighted by Gasteiger charge is -2.28. The average molecular weight is 2130 g/mol. The Hall–Kier alpha value is -11.7. The summed E-state index contributed by atoms with van der Waals surface area (Å²) in [5.41, 5.74) is 36.4. The fraction of sp³-hybridized carbons (Fsp3) is 0.506. The normalized spacial score (nSPS) is 26.1. The first-order valence-corrected chi connectivity index (χ1v) is 51.8. The van der Waals surface area contributed by atoms with Crippen LogP contribution in [0.5, 0.6) is 23.0 Å². The number of hydrogen-bond donors (Lipinski definition) is 14. The Balaban J connectivity index is 0.000000217. The minimum absolute atomic E-state index is 0.0172. The van der Waals surface area contributed by atoms with E-state index in [-0.39, 0.29) is 58.8 Å². The number of ether oxygens (including phenoxy) is 8. The number of nitrogens with zero attached hydrogens (tertiary/aromatic N) is 11. The number of rotatable bonds is 41. The first-order valence-electron chi connectivity index (χ1n) is 45.6. The van der Waals surface area contributed by atoms with Gasteiger partial charge in [-0.05, 0) is 196 Å². The van der Waals surface area contributed by atoms with E-state index in [4.69, 9.17) is 114 Å². The summed E-state index contributed by atoms with van der Waals surface area (Å²) >= 11 is 0. The first kappa shape index (κ1) is 118. The number of aliphatic hydroxyl groups is 4. The molecule has 0 aliphatic carbocycles. The number of nitrogens with two attached hydrogens (primary N) is 6. The molecule has 0 amide bonds. The van der Waals surface area contributed by atoms with Gasteiger partial charge in [0.2, 0.25) is 0 Å². The zero-order valence-electron chi connectivity index (χ0n) is 82.9. The third-order valence-electron chi connectivity index (χ3n) is 21.8. The number of esters is 4. The molecule has 4 aromatic carbocycles. The molecule has 4 aliphatic rings. The lowest BCUT2D eigenvalue weighted by Crippen LogP contribution is -2.53. The van der Waals surface area contributed by atoms with E-state index in [0.717, 1.165) is 13.7 Å². The van der Waals surface area contributed by atoms with Gasteiger partial charge in [0.1, 0.15) is 113 Å². The summed E-state index contributed by atoms with van der Waals surface area (Å²) in [5, 5.41) is 57.4. The Kier molecular flexibility index (Phi) is 41.1. The van der Waals surface area contributed by atoms with Gasteiger partial charge in [0.15, 0.2) is 24.9 Å². The molecule has 8 heterocycles. The molecule has 1 unspecified atom stereocenters. The second kappa shape index (κ2) is 50.8. The van der Waals surface area contributed by atoms with Crippen LogP contribution in [0.4, 0.5) is 17.5 Å². The topological polar surface area (TPSA) is 758 Å². The second-order valence-electron chi connectivity index (χ2n) is 35.9. The van der Waals surface area contributed by atoms with Crippen molar-refractivity contribution in [1.82, 2.24) is 58.6 Å². The molecule has 0 saturated carbocycles. The lowest BCUT2D eigenvalue weighted by atomic mass is 9.93. The number of benzene rings is 4. The number of para-hydroxylation sites is 4. The van der Waals surface area contributed by atoms with Crippen LogP contribution in [0, 0.1) is 6.92 Å². The Labute approximate surface area is 838 Å². The van der Waals surface area contributed by atoms with E-state index in [1.165, 1.54) is 115 Å². The summed E-state index contributed by atoms with van der Waals surface area (Å²) in [5.74, 6) is -1.83. The minimum Gasteiger partial charge on any atom is -0.462 e. The third kappa shape index (κ3) is 31.7. The summed E-state index contributed by atoms with van der Waals surface area (Å²) in [6.07, 6.45) is -10.7. The van der Waals surface area contributed by atoms with Crippen LogP contribution in [-0.4, -0.2) is 229 Å². The van der Waals surface area contributed by atoms with Crippen LogP contribution in [0.3, 0.4) is 0 Å². The van der Waals surface area contributed by atoms with Crippen molar-refractivity contribution in [3.05, 3.63) is 228 Å². The number of nitrogens with one attached hydrogen (secondary N) is 4. The van der Waals surface area contributed by atoms with E-state index >= 15 is 0 Å². The van der Waals surface area contributed by atoms with Crippen molar-refractivity contribution in [2.45, 2.75) is 262 Å². The maximum atomic E-state index is 13.7. The van der Waals surface area contributed by atoms with Crippen LogP contribution in [0.15, 0.2) is 195 Å². The molecule has 800 valence electrons. The summed E-state index contributed by atoms with van der Waals surface area (Å²) in [6, 6.07) is 34.2. The first-order chi connectivity index (χ1) is 68.3. The van der Waals surface area contributed by atoms with Crippen molar-refractivity contribution in [3.63, 3.8) is 0 Å². The van der Waals surface area contributed by atoms with Crippen LogP contribution in [-0.2, 0) is 93.4 Å². The van der Waals surface area contributed by atoms with Gasteiger partial charge in [-0.25, -0.2) is 37.4 Å². The molecule has 4 aliphatic heterocycles. The SMILES string of the molecule is CC(C)OC(=O)[C@@H](C)NP(=O)(OC[C@H]1O[C@@H](n2ccc(N)nc2=O)[C@](C)(N)[C@@H]1O)Oc1ccccc1.CC(C)OC(=O)[C@@H](C)N[P@@](=O)(OC[C@H]1O[C@@H](n2ccc(N)nc2=O)[C@](C)(N)[C@@H]1O)Oc1ccccc1.CC(C)OC(=O)[C@@H](C)N[P@](=O)(OC[C@H]1O[C@@H](n2ccc(N)nc2=O)[C@](C)(N=[N+]=[N-])[C@@H]1O)Oc1ccccc1.Cc1ccn([C@@H]2O[C@H](CO[P@@](=O)(N[C@H](C)C(=O)OC(C)C)Oc3ccccc3)[C@@H](O)[C@@]2(C)N)c(=O)n1. The van der Waals surface area contributed by atoms with Gasteiger partial charge in [-0.15, -0.1) is 0 Å². The zero-order chi connectivity index (χ0) is 108. The lowest BCUT2D eigenvalue weighted by molar-refractivity contribution is -0.150. The summed E-state index contributed by atoms with van der Waals surface area (Å²) in [7, 11) is -16.9. The molecule has 0 bridgehead atoms. The molecule has 20 N–H and O–H groups in total. The van der Waals surface area contributed by atoms with Crippen LogP contribution in [0.2, 0.25) is 0 Å². The molecule has 4 saturated heterocycles. The number of aryl methyl sites for hydroxylation is 1. The highest BCUT2D eigenvalue weighted by atomic mass is 31.2. The van der Waals surface area contributed by atoms with Crippen LogP contribution >= 0.6 is 31.0 Å². The molecular formula is C89H127N21O32P4. The van der Waals surface area contributed by atoms with E-state index in [1.807, 2.05) is 0 Å². The predicted molar refractivity (Wildman–Crippen MR) is 525 cm³/mol. The maximum Gasteiger partial charge on any atom is 0.459 e. The van der Waals surface area contributed by atoms with Gasteiger partial charge in [0.05, 0.1) is 73.6 Å². The molecule has 4 fully saturated rings. The number of carbonyl (C=O) groups is 4. The van der Waals surface area contributed by atoms with Crippen LogP contribution in [0.25, 0.3) is 10.4 Å². The number of nitrogen functional groups attached to an aromatic ring is 3. The Morgan fingerprint density at radius 1 is 0.384 bits per heavy atom.